The summed E-state index contributed by atoms with van der Waals surface area (Å²) >= 11 is 0. The van der Waals surface area contributed by atoms with E-state index in [0.717, 1.165) is 38.4 Å². The number of hydrogen-bond donors (Lipinski definition) is 0. The summed E-state index contributed by atoms with van der Waals surface area (Å²) in [6.45, 7) is 3.02. The van der Waals surface area contributed by atoms with Gasteiger partial charge in [0.05, 0.1) is 6.61 Å². The molecular formula is C21H28O6. The lowest BCUT2D eigenvalue weighted by Gasteiger charge is -2.35. The highest BCUT2D eigenvalue weighted by Gasteiger charge is 2.31. The van der Waals surface area contributed by atoms with Gasteiger partial charge in [-0.15, -0.1) is 0 Å². The molecule has 0 radical (unpaired) electrons. The Kier molecular flexibility index (Phi) is 7.82. The van der Waals surface area contributed by atoms with Crippen molar-refractivity contribution in [2.45, 2.75) is 65.1 Å². The van der Waals surface area contributed by atoms with Gasteiger partial charge in [-0.3, -0.25) is 9.59 Å². The van der Waals surface area contributed by atoms with Gasteiger partial charge in [-0.2, -0.15) is 0 Å². The monoisotopic (exact) mass is 376 g/mol. The van der Waals surface area contributed by atoms with Crippen LogP contribution in [0.25, 0.3) is 0 Å². The smallest absolute Gasteiger partial charge is 0.305 e. The number of benzene rings is 1. The Morgan fingerprint density at radius 2 is 1.78 bits per heavy atom. The molecule has 1 aromatic carbocycles. The zero-order valence-corrected chi connectivity index (χ0v) is 16.1. The molecule has 0 atom stereocenters. The van der Waals surface area contributed by atoms with E-state index in [9.17, 15) is 14.4 Å². The van der Waals surface area contributed by atoms with Crippen molar-refractivity contribution in [1.29, 1.82) is 0 Å². The molecule has 6 heteroatoms. The third-order valence-electron chi connectivity index (χ3n) is 5.01. The maximum atomic E-state index is 11.3. The van der Waals surface area contributed by atoms with Crippen LogP contribution in [0.5, 0.6) is 5.75 Å². The fourth-order valence-electron chi connectivity index (χ4n) is 3.63. The van der Waals surface area contributed by atoms with Crippen molar-refractivity contribution < 1.29 is 28.6 Å². The highest BCUT2D eigenvalue weighted by Crippen LogP contribution is 2.41. The molecule has 0 saturated heterocycles. The highest BCUT2D eigenvalue weighted by atomic mass is 16.7. The summed E-state index contributed by atoms with van der Waals surface area (Å²) in [4.78, 5) is 33.6. The lowest BCUT2D eigenvalue weighted by molar-refractivity contribution is -0.186. The third-order valence-corrected chi connectivity index (χ3v) is 5.01. The molecule has 1 aromatic rings. The number of carbonyl (C=O) groups is 3. The van der Waals surface area contributed by atoms with Crippen LogP contribution in [0.4, 0.5) is 0 Å². The van der Waals surface area contributed by atoms with E-state index in [2.05, 4.69) is 0 Å². The van der Waals surface area contributed by atoms with E-state index in [1.165, 1.54) is 20.3 Å². The summed E-state index contributed by atoms with van der Waals surface area (Å²) in [6, 6.07) is 6.96. The maximum Gasteiger partial charge on any atom is 0.305 e. The second kappa shape index (κ2) is 10.1. The van der Waals surface area contributed by atoms with E-state index >= 15 is 0 Å². The first-order chi connectivity index (χ1) is 12.9. The molecule has 0 unspecified atom stereocenters. The van der Waals surface area contributed by atoms with Crippen LogP contribution in [0.15, 0.2) is 24.3 Å². The molecule has 1 fully saturated rings. The lowest BCUT2D eigenvalue weighted by Crippen LogP contribution is -2.27. The molecule has 1 saturated carbocycles. The van der Waals surface area contributed by atoms with Gasteiger partial charge in [-0.25, -0.2) is 0 Å². The first-order valence-electron chi connectivity index (χ1n) is 9.45. The van der Waals surface area contributed by atoms with Crippen LogP contribution in [0, 0.1) is 5.41 Å². The minimum Gasteiger partial charge on any atom is -0.494 e. The molecule has 6 nitrogen and oxygen atoms in total. The Morgan fingerprint density at radius 1 is 1.11 bits per heavy atom. The van der Waals surface area contributed by atoms with Gasteiger partial charge >= 0.3 is 11.9 Å². The summed E-state index contributed by atoms with van der Waals surface area (Å²) < 4.78 is 16.0. The summed E-state index contributed by atoms with van der Waals surface area (Å²) in [5.41, 5.74) is 0.577. The quantitative estimate of drug-likeness (QED) is 0.366. The summed E-state index contributed by atoms with van der Waals surface area (Å²) in [5, 5.41) is 0. The number of esters is 2. The molecule has 1 aliphatic rings. The number of carbonyl (C=O) groups excluding carboxylic acids is 3. The summed E-state index contributed by atoms with van der Waals surface area (Å²) in [7, 11) is 0. The first kappa shape index (κ1) is 20.9. The number of hydrogen-bond acceptors (Lipinski definition) is 6. The Morgan fingerprint density at radius 3 is 2.37 bits per heavy atom. The van der Waals surface area contributed by atoms with Crippen molar-refractivity contribution in [1.82, 2.24) is 0 Å². The van der Waals surface area contributed by atoms with Gasteiger partial charge in [0.2, 0.25) is 0 Å². The van der Waals surface area contributed by atoms with Crippen molar-refractivity contribution in [2.24, 2.45) is 5.41 Å². The van der Waals surface area contributed by atoms with E-state index in [-0.39, 0.29) is 5.41 Å². The van der Waals surface area contributed by atoms with Gasteiger partial charge in [0, 0.05) is 25.8 Å². The average molecular weight is 376 g/mol. The normalized spacial score (nSPS) is 15.8. The maximum absolute atomic E-state index is 11.3. The largest absolute Gasteiger partial charge is 0.494 e. The number of rotatable bonds is 9. The number of aldehydes is 1. The van der Waals surface area contributed by atoms with Crippen LogP contribution >= 0.6 is 0 Å². The van der Waals surface area contributed by atoms with E-state index in [4.69, 9.17) is 14.2 Å². The van der Waals surface area contributed by atoms with Crippen LogP contribution < -0.4 is 4.74 Å². The molecule has 0 spiro atoms. The Labute approximate surface area is 160 Å². The van der Waals surface area contributed by atoms with E-state index < -0.39 is 18.2 Å². The van der Waals surface area contributed by atoms with Crippen molar-refractivity contribution in [3.8, 4) is 5.75 Å². The van der Waals surface area contributed by atoms with Crippen molar-refractivity contribution in [2.75, 3.05) is 6.61 Å². The Bertz CT molecular complexity index is 632. The van der Waals surface area contributed by atoms with Crippen LogP contribution in [-0.2, 0) is 23.9 Å². The molecule has 27 heavy (non-hydrogen) atoms. The summed E-state index contributed by atoms with van der Waals surface area (Å²) in [6.07, 6.45) is 7.03. The van der Waals surface area contributed by atoms with Gasteiger partial charge in [-0.1, -0.05) is 31.4 Å². The second-order valence-electron chi connectivity index (χ2n) is 7.15. The zero-order chi connectivity index (χ0) is 19.7. The van der Waals surface area contributed by atoms with Gasteiger partial charge < -0.3 is 19.0 Å². The van der Waals surface area contributed by atoms with E-state index in [1.54, 1.807) is 24.3 Å². The molecule has 0 aromatic heterocycles. The summed E-state index contributed by atoms with van der Waals surface area (Å²) in [5.74, 6) is -0.477. The standard InChI is InChI=1S/C21H28O6/c1-16(23)26-20(27-17(2)24)18-7-6-8-19(15-18)25-14-12-21(11-13-22)9-4-3-5-10-21/h6-8,13,15,20H,3-5,9-12,14H2,1-2H3. The van der Waals surface area contributed by atoms with Gasteiger partial charge in [0.15, 0.2) is 0 Å². The topological polar surface area (TPSA) is 78.9 Å². The van der Waals surface area contributed by atoms with Crippen LogP contribution in [0.1, 0.15) is 70.6 Å². The van der Waals surface area contributed by atoms with Gasteiger partial charge in [-0.05, 0) is 36.8 Å². The SMILES string of the molecule is CC(=O)OC(OC(C)=O)c1cccc(OCCC2(CC=O)CCCCC2)c1. The predicted octanol–water partition coefficient (Wildman–Crippen LogP) is 4.12. The molecule has 0 N–H and O–H groups in total. The Hall–Kier alpha value is -2.37. The second-order valence-corrected chi connectivity index (χ2v) is 7.15. The highest BCUT2D eigenvalue weighted by molar-refractivity contribution is 5.68. The fraction of sp³-hybridized carbons (Fsp3) is 0.571. The van der Waals surface area contributed by atoms with Crippen LogP contribution in [-0.4, -0.2) is 24.8 Å². The molecular weight excluding hydrogens is 348 g/mol. The average Bonchev–Trinajstić information content (AvgIpc) is 2.62. The van der Waals surface area contributed by atoms with Crippen molar-refractivity contribution in [3.63, 3.8) is 0 Å². The molecule has 0 amide bonds. The molecule has 148 valence electrons. The predicted molar refractivity (Wildman–Crippen MR) is 99.0 cm³/mol. The zero-order valence-electron chi connectivity index (χ0n) is 16.1. The minimum absolute atomic E-state index is 0.0512. The molecule has 1 aliphatic carbocycles. The van der Waals surface area contributed by atoms with Gasteiger partial charge in [0.1, 0.15) is 12.0 Å². The first-order valence-corrected chi connectivity index (χ1v) is 9.45. The van der Waals surface area contributed by atoms with Crippen molar-refractivity contribution >= 4 is 18.2 Å². The lowest BCUT2D eigenvalue weighted by atomic mass is 9.70. The van der Waals surface area contributed by atoms with Crippen LogP contribution in [0.3, 0.4) is 0 Å². The molecule has 0 aliphatic heterocycles. The van der Waals surface area contributed by atoms with Gasteiger partial charge in [0.25, 0.3) is 6.29 Å². The fourth-order valence-corrected chi connectivity index (χ4v) is 3.63. The molecule has 0 heterocycles. The van der Waals surface area contributed by atoms with E-state index in [0.29, 0.717) is 24.3 Å². The van der Waals surface area contributed by atoms with Crippen LogP contribution in [0.2, 0.25) is 0 Å². The third kappa shape index (κ3) is 6.70. The molecule has 0 bridgehead atoms. The number of ether oxygens (including phenoxy) is 3. The van der Waals surface area contributed by atoms with Crippen molar-refractivity contribution in [3.05, 3.63) is 29.8 Å². The van der Waals surface area contributed by atoms with E-state index in [1.807, 2.05) is 0 Å². The minimum atomic E-state index is -1.09. The molecule has 2 rings (SSSR count). The Balaban J connectivity index is 2.00.